The highest BCUT2D eigenvalue weighted by Gasteiger charge is 2.19. The lowest BCUT2D eigenvalue weighted by atomic mass is 10.2. The minimum Gasteiger partial charge on any atom is -0.504 e. The zero-order valence-electron chi connectivity index (χ0n) is 12.9. The van der Waals surface area contributed by atoms with Crippen LogP contribution in [-0.2, 0) is 11.3 Å². The van der Waals surface area contributed by atoms with E-state index in [0.717, 1.165) is 0 Å². The van der Waals surface area contributed by atoms with Crippen LogP contribution in [0.2, 0.25) is 10.0 Å². The number of carbonyl (C=O) groups is 1. The van der Waals surface area contributed by atoms with Crippen molar-refractivity contribution >= 4 is 40.6 Å². The van der Waals surface area contributed by atoms with Gasteiger partial charge in [0.25, 0.3) is 0 Å². The van der Waals surface area contributed by atoms with E-state index in [4.69, 9.17) is 23.2 Å². The molecule has 0 fully saturated rings. The predicted molar refractivity (Wildman–Crippen MR) is 90.8 cm³/mol. The SMILES string of the molecule is CCn1nc(C)cc1/C(O)=C(\N=Nc1ccc(Cl)c(Cl)c1)C(=O)O. The summed E-state index contributed by atoms with van der Waals surface area (Å²) in [6, 6.07) is 6.03. The summed E-state index contributed by atoms with van der Waals surface area (Å²) in [5.41, 5.74) is 0.594. The van der Waals surface area contributed by atoms with Crippen LogP contribution in [0, 0.1) is 6.92 Å². The van der Waals surface area contributed by atoms with E-state index >= 15 is 0 Å². The van der Waals surface area contributed by atoms with Gasteiger partial charge in [-0.25, -0.2) is 4.79 Å². The number of nitrogens with zero attached hydrogens (tertiary/aromatic N) is 4. The van der Waals surface area contributed by atoms with Gasteiger partial charge in [0.1, 0.15) is 5.69 Å². The summed E-state index contributed by atoms with van der Waals surface area (Å²) < 4.78 is 1.47. The second-order valence-corrected chi connectivity index (χ2v) is 5.60. The monoisotopic (exact) mass is 368 g/mol. The lowest BCUT2D eigenvalue weighted by Gasteiger charge is -2.05. The highest BCUT2D eigenvalue weighted by Crippen LogP contribution is 2.27. The van der Waals surface area contributed by atoms with Crippen LogP contribution in [0.5, 0.6) is 0 Å². The first-order valence-electron chi connectivity index (χ1n) is 6.91. The molecule has 0 radical (unpaired) electrons. The Balaban J connectivity index is 2.46. The maximum atomic E-state index is 11.4. The second-order valence-electron chi connectivity index (χ2n) is 4.79. The van der Waals surface area contributed by atoms with Crippen LogP contribution in [0.1, 0.15) is 18.3 Å². The van der Waals surface area contributed by atoms with E-state index in [-0.39, 0.29) is 10.7 Å². The fraction of sp³-hybridized carbons (Fsp3) is 0.200. The molecule has 0 bridgehead atoms. The maximum Gasteiger partial charge on any atom is 0.360 e. The average Bonchev–Trinajstić information content (AvgIpc) is 2.91. The quantitative estimate of drug-likeness (QED) is 0.456. The molecular weight excluding hydrogens is 355 g/mol. The molecule has 2 N–H and O–H groups in total. The van der Waals surface area contributed by atoms with E-state index in [0.29, 0.717) is 22.9 Å². The van der Waals surface area contributed by atoms with E-state index < -0.39 is 17.4 Å². The third-order valence-corrected chi connectivity index (χ3v) is 3.78. The summed E-state index contributed by atoms with van der Waals surface area (Å²) in [5, 5.41) is 31.8. The first-order valence-corrected chi connectivity index (χ1v) is 7.67. The summed E-state index contributed by atoms with van der Waals surface area (Å²) in [5.74, 6) is -1.94. The number of hydrogen-bond donors (Lipinski definition) is 2. The Hall–Kier alpha value is -2.38. The van der Waals surface area contributed by atoms with Gasteiger partial charge in [-0.3, -0.25) is 4.68 Å². The van der Waals surface area contributed by atoms with Crippen LogP contribution >= 0.6 is 23.2 Å². The standard InChI is InChI=1S/C15H14Cl2N4O3/c1-3-21-12(6-8(2)20-21)14(22)13(15(23)24)19-18-9-4-5-10(16)11(17)7-9/h4-7,22H,3H2,1-2H3,(H,23,24)/b14-13+,19-18?. The van der Waals surface area contributed by atoms with Crippen molar-refractivity contribution in [2.75, 3.05) is 0 Å². The number of rotatable bonds is 5. The van der Waals surface area contributed by atoms with Gasteiger partial charge in [0.2, 0.25) is 5.70 Å². The van der Waals surface area contributed by atoms with E-state index in [9.17, 15) is 15.0 Å². The molecule has 1 aromatic heterocycles. The molecule has 0 aliphatic heterocycles. The predicted octanol–water partition coefficient (Wildman–Crippen LogP) is 4.61. The minimum absolute atomic E-state index is 0.250. The maximum absolute atomic E-state index is 11.4. The fourth-order valence-corrected chi connectivity index (χ4v) is 2.24. The van der Waals surface area contributed by atoms with Crippen LogP contribution in [0.4, 0.5) is 5.69 Å². The van der Waals surface area contributed by atoms with Gasteiger partial charge in [-0.05, 0) is 38.1 Å². The van der Waals surface area contributed by atoms with Crippen molar-refractivity contribution in [2.45, 2.75) is 20.4 Å². The zero-order chi connectivity index (χ0) is 17.9. The molecule has 2 aromatic rings. The first kappa shape index (κ1) is 18.0. The summed E-state index contributed by atoms with van der Waals surface area (Å²) in [6.07, 6.45) is 0. The van der Waals surface area contributed by atoms with Gasteiger partial charge in [0.15, 0.2) is 5.76 Å². The Kier molecular flexibility index (Phi) is 5.58. The molecule has 1 aromatic carbocycles. The lowest BCUT2D eigenvalue weighted by molar-refractivity contribution is -0.132. The van der Waals surface area contributed by atoms with Gasteiger partial charge in [0, 0.05) is 6.54 Å². The number of aryl methyl sites for hydroxylation is 2. The van der Waals surface area contributed by atoms with Crippen molar-refractivity contribution < 1.29 is 15.0 Å². The smallest absolute Gasteiger partial charge is 0.360 e. The topological polar surface area (TPSA) is 100 Å². The van der Waals surface area contributed by atoms with Gasteiger partial charge >= 0.3 is 5.97 Å². The number of azo groups is 1. The number of halogens is 2. The van der Waals surface area contributed by atoms with Crippen molar-refractivity contribution in [3.63, 3.8) is 0 Å². The highest BCUT2D eigenvalue weighted by atomic mass is 35.5. The second kappa shape index (κ2) is 7.46. The van der Waals surface area contributed by atoms with E-state index in [1.54, 1.807) is 13.0 Å². The molecule has 0 aliphatic carbocycles. The molecular formula is C15H14Cl2N4O3. The van der Waals surface area contributed by atoms with Gasteiger partial charge in [-0.1, -0.05) is 23.2 Å². The Bertz CT molecular complexity index is 843. The summed E-state index contributed by atoms with van der Waals surface area (Å²) in [7, 11) is 0. The van der Waals surface area contributed by atoms with Crippen LogP contribution in [0.25, 0.3) is 5.76 Å². The number of carboxylic acids is 1. The molecule has 9 heteroatoms. The van der Waals surface area contributed by atoms with Gasteiger partial charge in [-0.2, -0.15) is 10.2 Å². The van der Waals surface area contributed by atoms with Gasteiger partial charge in [0.05, 0.1) is 21.4 Å². The van der Waals surface area contributed by atoms with E-state index in [1.165, 1.54) is 22.9 Å². The third-order valence-electron chi connectivity index (χ3n) is 3.04. The Labute approximate surface area is 147 Å². The zero-order valence-corrected chi connectivity index (χ0v) is 14.4. The Morgan fingerprint density at radius 3 is 2.54 bits per heavy atom. The number of carboxylic acid groups (broad SMARTS) is 1. The molecule has 0 spiro atoms. The number of benzene rings is 1. The highest BCUT2D eigenvalue weighted by molar-refractivity contribution is 6.42. The van der Waals surface area contributed by atoms with Crippen LogP contribution in [0.3, 0.4) is 0 Å². The van der Waals surface area contributed by atoms with Crippen LogP contribution in [0.15, 0.2) is 40.2 Å². The van der Waals surface area contributed by atoms with Gasteiger partial charge < -0.3 is 10.2 Å². The number of aliphatic carboxylic acids is 1. The summed E-state index contributed by atoms with van der Waals surface area (Å²) in [4.78, 5) is 11.4. The average molecular weight is 369 g/mol. The van der Waals surface area contributed by atoms with Crippen molar-refractivity contribution in [3.8, 4) is 0 Å². The normalized spacial score (nSPS) is 12.5. The summed E-state index contributed by atoms with van der Waals surface area (Å²) in [6.45, 7) is 4.02. The largest absolute Gasteiger partial charge is 0.504 e. The molecule has 0 amide bonds. The molecule has 2 rings (SSSR count). The van der Waals surface area contributed by atoms with Crippen LogP contribution in [-0.4, -0.2) is 26.0 Å². The van der Waals surface area contributed by atoms with Crippen molar-refractivity contribution in [3.05, 3.63) is 51.4 Å². The minimum atomic E-state index is -1.42. The van der Waals surface area contributed by atoms with E-state index in [2.05, 4.69) is 15.3 Å². The third kappa shape index (κ3) is 3.93. The lowest BCUT2D eigenvalue weighted by Crippen LogP contribution is -2.07. The van der Waals surface area contributed by atoms with Crippen LogP contribution < -0.4 is 0 Å². The van der Waals surface area contributed by atoms with E-state index in [1.807, 2.05) is 6.92 Å². The Morgan fingerprint density at radius 1 is 1.25 bits per heavy atom. The molecule has 0 aliphatic rings. The van der Waals surface area contributed by atoms with Crippen molar-refractivity contribution in [2.24, 2.45) is 10.2 Å². The number of aliphatic hydroxyl groups excluding tert-OH is 1. The molecule has 0 saturated heterocycles. The molecule has 0 atom stereocenters. The Morgan fingerprint density at radius 2 is 1.96 bits per heavy atom. The first-order chi connectivity index (χ1) is 11.3. The molecule has 24 heavy (non-hydrogen) atoms. The van der Waals surface area contributed by atoms with Crippen molar-refractivity contribution in [1.29, 1.82) is 0 Å². The summed E-state index contributed by atoms with van der Waals surface area (Å²) >= 11 is 11.7. The van der Waals surface area contributed by atoms with Crippen molar-refractivity contribution in [1.82, 2.24) is 9.78 Å². The number of hydrogen-bond acceptors (Lipinski definition) is 5. The number of aliphatic hydroxyl groups is 1. The number of aromatic nitrogens is 2. The molecule has 0 saturated carbocycles. The molecule has 7 nitrogen and oxygen atoms in total. The molecule has 0 unspecified atom stereocenters. The van der Waals surface area contributed by atoms with Gasteiger partial charge in [-0.15, -0.1) is 5.11 Å². The molecule has 126 valence electrons. The molecule has 1 heterocycles. The fourth-order valence-electron chi connectivity index (χ4n) is 1.94.